The predicted molar refractivity (Wildman–Crippen MR) is 127 cm³/mol. The Morgan fingerprint density at radius 3 is 2.68 bits per heavy atom. The Morgan fingerprint density at radius 2 is 1.96 bits per heavy atom. The Kier molecular flexibility index (Phi) is 9.70. The third-order valence-corrected chi connectivity index (χ3v) is 4.98. The second-order valence-electron chi connectivity index (χ2n) is 7.17. The van der Waals surface area contributed by atoms with Crippen molar-refractivity contribution in [3.8, 4) is 0 Å². The molecule has 0 bridgehead atoms. The minimum atomic E-state index is 0. The highest BCUT2D eigenvalue weighted by atomic mass is 127. The molecule has 1 aliphatic rings. The van der Waals surface area contributed by atoms with E-state index in [0.717, 1.165) is 50.7 Å². The summed E-state index contributed by atoms with van der Waals surface area (Å²) in [5, 5.41) is 7.00. The smallest absolute Gasteiger partial charge is 0.191 e. The maximum absolute atomic E-state index is 4.74. The first-order valence-corrected chi connectivity index (χ1v) is 9.97. The van der Waals surface area contributed by atoms with Crippen LogP contribution < -0.4 is 10.6 Å². The molecular weight excluding hydrogens is 461 g/mol. The molecule has 2 unspecified atom stereocenters. The molecule has 1 saturated heterocycles. The van der Waals surface area contributed by atoms with Crippen LogP contribution in [0.5, 0.6) is 0 Å². The van der Waals surface area contributed by atoms with Crippen LogP contribution >= 0.6 is 24.0 Å². The molecule has 2 atom stereocenters. The van der Waals surface area contributed by atoms with Gasteiger partial charge in [0, 0.05) is 56.6 Å². The topological polar surface area (TPSA) is 52.6 Å². The monoisotopic (exact) mass is 493 g/mol. The molecule has 5 nitrogen and oxygen atoms in total. The number of aliphatic imine (C=N–C) groups is 1. The lowest BCUT2D eigenvalue weighted by molar-refractivity contribution is 0.258. The van der Waals surface area contributed by atoms with Crippen LogP contribution in [0.2, 0.25) is 0 Å². The Labute approximate surface area is 186 Å². The predicted octanol–water partition coefficient (Wildman–Crippen LogP) is 3.46. The Balaban J connectivity index is 0.00000280. The highest BCUT2D eigenvalue weighted by molar-refractivity contribution is 14.0. The van der Waals surface area contributed by atoms with E-state index < -0.39 is 0 Å². The van der Waals surface area contributed by atoms with Crippen molar-refractivity contribution in [2.45, 2.75) is 45.3 Å². The first-order valence-electron chi connectivity index (χ1n) is 9.97. The zero-order valence-electron chi connectivity index (χ0n) is 16.8. The molecule has 1 aromatic heterocycles. The average molecular weight is 493 g/mol. The van der Waals surface area contributed by atoms with Crippen LogP contribution in [0, 0.1) is 0 Å². The van der Waals surface area contributed by atoms with Crippen LogP contribution in [0.3, 0.4) is 0 Å². The van der Waals surface area contributed by atoms with Crippen molar-refractivity contribution in [3.63, 3.8) is 0 Å². The number of aromatic nitrogens is 1. The first-order chi connectivity index (χ1) is 13.2. The molecule has 0 spiro atoms. The number of hydrogen-bond donors (Lipinski definition) is 2. The van der Waals surface area contributed by atoms with Gasteiger partial charge >= 0.3 is 0 Å². The zero-order valence-corrected chi connectivity index (χ0v) is 19.2. The molecule has 6 heteroatoms. The summed E-state index contributed by atoms with van der Waals surface area (Å²) in [5.41, 5.74) is 2.46. The van der Waals surface area contributed by atoms with Gasteiger partial charge in [-0.05, 0) is 38.0 Å². The van der Waals surface area contributed by atoms with E-state index in [-0.39, 0.29) is 24.0 Å². The van der Waals surface area contributed by atoms with Gasteiger partial charge in [0.05, 0.1) is 0 Å². The molecular formula is C22H32IN5. The molecule has 2 heterocycles. The second-order valence-corrected chi connectivity index (χ2v) is 7.17. The number of nitrogens with one attached hydrogen (secondary N) is 2. The highest BCUT2D eigenvalue weighted by Gasteiger charge is 2.29. The average Bonchev–Trinajstić information content (AvgIpc) is 3.02. The zero-order chi connectivity index (χ0) is 18.9. The van der Waals surface area contributed by atoms with E-state index >= 15 is 0 Å². The fraction of sp³-hybridized carbons (Fsp3) is 0.455. The summed E-state index contributed by atoms with van der Waals surface area (Å²) in [4.78, 5) is 11.7. The minimum Gasteiger partial charge on any atom is -0.357 e. The molecule has 0 saturated carbocycles. The number of guanidine groups is 1. The van der Waals surface area contributed by atoms with Crippen molar-refractivity contribution in [1.29, 1.82) is 0 Å². The van der Waals surface area contributed by atoms with Gasteiger partial charge in [-0.3, -0.25) is 14.9 Å². The molecule has 0 amide bonds. The third kappa shape index (κ3) is 7.05. The normalized spacial score (nSPS) is 19.9. The number of halogens is 1. The van der Waals surface area contributed by atoms with E-state index in [4.69, 9.17) is 4.99 Å². The lowest BCUT2D eigenvalue weighted by Gasteiger charge is -2.21. The van der Waals surface area contributed by atoms with Crippen molar-refractivity contribution in [3.05, 3.63) is 66.0 Å². The lowest BCUT2D eigenvalue weighted by Crippen LogP contribution is -2.44. The number of hydrogen-bond acceptors (Lipinski definition) is 3. The fourth-order valence-corrected chi connectivity index (χ4v) is 3.58. The Bertz CT molecular complexity index is 707. The molecule has 2 N–H and O–H groups in total. The summed E-state index contributed by atoms with van der Waals surface area (Å²) >= 11 is 0. The summed E-state index contributed by atoms with van der Waals surface area (Å²) < 4.78 is 0. The molecule has 3 rings (SSSR count). The van der Waals surface area contributed by atoms with Crippen molar-refractivity contribution < 1.29 is 0 Å². The molecule has 1 aliphatic heterocycles. The quantitative estimate of drug-likeness (QED) is 0.353. The lowest BCUT2D eigenvalue weighted by atomic mass is 10.2. The van der Waals surface area contributed by atoms with Crippen molar-refractivity contribution in [2.75, 3.05) is 19.6 Å². The summed E-state index contributed by atoms with van der Waals surface area (Å²) in [5.74, 6) is 0.909. The van der Waals surface area contributed by atoms with Gasteiger partial charge in [0.2, 0.25) is 0 Å². The van der Waals surface area contributed by atoms with E-state index in [1.54, 1.807) is 0 Å². The van der Waals surface area contributed by atoms with Crippen LogP contribution in [0.1, 0.15) is 31.5 Å². The SMILES string of the molecule is CCNC(=NCCc1ccccn1)NC1CC(C)N(Cc2ccccc2)C1.I. The van der Waals surface area contributed by atoms with E-state index in [2.05, 4.69) is 70.8 Å². The van der Waals surface area contributed by atoms with Gasteiger partial charge in [-0.1, -0.05) is 36.4 Å². The minimum absolute atomic E-state index is 0. The van der Waals surface area contributed by atoms with Crippen molar-refractivity contribution in [2.24, 2.45) is 4.99 Å². The first kappa shape index (κ1) is 22.6. The van der Waals surface area contributed by atoms with Crippen LogP contribution in [-0.2, 0) is 13.0 Å². The van der Waals surface area contributed by atoms with Gasteiger partial charge in [-0.2, -0.15) is 0 Å². The molecule has 152 valence electrons. The van der Waals surface area contributed by atoms with Gasteiger partial charge in [0.25, 0.3) is 0 Å². The number of pyridine rings is 1. The van der Waals surface area contributed by atoms with Crippen molar-refractivity contribution in [1.82, 2.24) is 20.5 Å². The summed E-state index contributed by atoms with van der Waals surface area (Å²) in [6, 6.07) is 17.7. The molecule has 0 radical (unpaired) electrons. The summed E-state index contributed by atoms with van der Waals surface area (Å²) in [7, 11) is 0. The number of likely N-dealkylation sites (tertiary alicyclic amines) is 1. The van der Waals surface area contributed by atoms with E-state index in [0.29, 0.717) is 12.1 Å². The van der Waals surface area contributed by atoms with E-state index in [1.165, 1.54) is 5.56 Å². The fourth-order valence-electron chi connectivity index (χ4n) is 3.58. The van der Waals surface area contributed by atoms with Crippen LogP contribution in [0.25, 0.3) is 0 Å². The number of rotatable bonds is 7. The molecule has 0 aliphatic carbocycles. The number of benzene rings is 1. The number of nitrogens with zero attached hydrogens (tertiary/aromatic N) is 3. The maximum Gasteiger partial charge on any atom is 0.191 e. The molecule has 28 heavy (non-hydrogen) atoms. The molecule has 2 aromatic rings. The third-order valence-electron chi connectivity index (χ3n) is 4.98. The largest absolute Gasteiger partial charge is 0.357 e. The van der Waals surface area contributed by atoms with E-state index in [9.17, 15) is 0 Å². The Hall–Kier alpha value is -1.67. The van der Waals surface area contributed by atoms with Gasteiger partial charge in [0.15, 0.2) is 5.96 Å². The van der Waals surface area contributed by atoms with Gasteiger partial charge in [0.1, 0.15) is 0 Å². The summed E-state index contributed by atoms with van der Waals surface area (Å²) in [6.45, 7) is 8.08. The van der Waals surface area contributed by atoms with Crippen LogP contribution in [-0.4, -0.2) is 47.6 Å². The second kappa shape index (κ2) is 12.0. The Morgan fingerprint density at radius 1 is 1.18 bits per heavy atom. The van der Waals surface area contributed by atoms with Crippen LogP contribution in [0.4, 0.5) is 0 Å². The van der Waals surface area contributed by atoms with E-state index in [1.807, 2.05) is 18.3 Å². The standard InChI is InChI=1S/C22H31N5.HI/c1-3-23-22(25-14-12-20-11-7-8-13-24-20)26-21-15-18(2)27(17-21)16-19-9-5-4-6-10-19;/h4-11,13,18,21H,3,12,14-17H2,1-2H3,(H2,23,25,26);1H. The highest BCUT2D eigenvalue weighted by Crippen LogP contribution is 2.20. The summed E-state index contributed by atoms with van der Waals surface area (Å²) in [6.07, 6.45) is 3.83. The molecule has 1 fully saturated rings. The van der Waals surface area contributed by atoms with Crippen molar-refractivity contribution >= 4 is 29.9 Å². The van der Waals surface area contributed by atoms with Gasteiger partial charge in [-0.15, -0.1) is 24.0 Å². The van der Waals surface area contributed by atoms with Crippen LogP contribution in [0.15, 0.2) is 59.7 Å². The molecule has 1 aromatic carbocycles. The van der Waals surface area contributed by atoms with Gasteiger partial charge in [-0.25, -0.2) is 0 Å². The van der Waals surface area contributed by atoms with Gasteiger partial charge < -0.3 is 10.6 Å². The maximum atomic E-state index is 4.74.